The maximum absolute atomic E-state index is 11.6. The second-order valence-electron chi connectivity index (χ2n) is 6.32. The molecular formula is C18H33IN4O3. The number of hydrogen-bond acceptors (Lipinski definition) is 4. The molecule has 0 aliphatic rings. The average Bonchev–Trinajstić information content (AvgIpc) is 2.90. The number of guanidine groups is 1. The Hall–Kier alpha value is -1.29. The van der Waals surface area contributed by atoms with Crippen LogP contribution < -0.4 is 16.0 Å². The summed E-state index contributed by atoms with van der Waals surface area (Å²) >= 11 is 0. The van der Waals surface area contributed by atoms with Gasteiger partial charge in [-0.15, -0.1) is 24.0 Å². The Morgan fingerprint density at radius 2 is 1.92 bits per heavy atom. The molecule has 1 heterocycles. The van der Waals surface area contributed by atoms with Crippen molar-refractivity contribution in [2.75, 3.05) is 26.2 Å². The number of furan rings is 1. The van der Waals surface area contributed by atoms with E-state index in [1.165, 1.54) is 0 Å². The molecule has 0 radical (unpaired) electrons. The van der Waals surface area contributed by atoms with E-state index in [-0.39, 0.29) is 36.4 Å². The van der Waals surface area contributed by atoms with Crippen LogP contribution in [0, 0.1) is 13.8 Å². The van der Waals surface area contributed by atoms with E-state index in [1.807, 2.05) is 33.8 Å². The number of nitrogens with zero attached hydrogens (tertiary/aromatic N) is 1. The molecule has 26 heavy (non-hydrogen) atoms. The minimum absolute atomic E-state index is 0. The van der Waals surface area contributed by atoms with Crippen LogP contribution in [0.5, 0.6) is 0 Å². The first-order valence-corrected chi connectivity index (χ1v) is 8.89. The summed E-state index contributed by atoms with van der Waals surface area (Å²) < 4.78 is 5.49. The SMILES string of the molecule is CCCNC(=O)CCNC(=NCC(C)(O)c1cc(C)oc1C)NCC.I. The van der Waals surface area contributed by atoms with Crippen molar-refractivity contribution in [2.24, 2.45) is 4.99 Å². The van der Waals surface area contributed by atoms with E-state index in [9.17, 15) is 9.90 Å². The van der Waals surface area contributed by atoms with Crippen molar-refractivity contribution in [3.63, 3.8) is 0 Å². The fraction of sp³-hybridized carbons (Fsp3) is 0.667. The summed E-state index contributed by atoms with van der Waals surface area (Å²) in [6.45, 7) is 11.4. The molecule has 0 aliphatic heterocycles. The Kier molecular flexibility index (Phi) is 11.6. The Morgan fingerprint density at radius 1 is 1.23 bits per heavy atom. The lowest BCUT2D eigenvalue weighted by Gasteiger charge is -2.21. The maximum Gasteiger partial charge on any atom is 0.221 e. The van der Waals surface area contributed by atoms with Gasteiger partial charge in [0.25, 0.3) is 0 Å². The number of rotatable bonds is 9. The summed E-state index contributed by atoms with van der Waals surface area (Å²) in [4.78, 5) is 16.1. The van der Waals surface area contributed by atoms with Gasteiger partial charge in [0.2, 0.25) is 5.91 Å². The lowest BCUT2D eigenvalue weighted by Crippen LogP contribution is -2.40. The van der Waals surface area contributed by atoms with Crippen molar-refractivity contribution in [1.82, 2.24) is 16.0 Å². The highest BCUT2D eigenvalue weighted by Crippen LogP contribution is 2.27. The van der Waals surface area contributed by atoms with E-state index < -0.39 is 5.60 Å². The number of carbonyl (C=O) groups excluding carboxylic acids is 1. The minimum atomic E-state index is -1.12. The zero-order chi connectivity index (χ0) is 18.9. The van der Waals surface area contributed by atoms with Crippen molar-refractivity contribution in [2.45, 2.75) is 53.1 Å². The van der Waals surface area contributed by atoms with E-state index in [2.05, 4.69) is 20.9 Å². The summed E-state index contributed by atoms with van der Waals surface area (Å²) in [5, 5.41) is 19.8. The topological polar surface area (TPSA) is 98.9 Å². The van der Waals surface area contributed by atoms with Gasteiger partial charge < -0.3 is 25.5 Å². The molecule has 8 heteroatoms. The number of aryl methyl sites for hydroxylation is 2. The van der Waals surface area contributed by atoms with Gasteiger partial charge in [-0.1, -0.05) is 6.92 Å². The predicted octanol–water partition coefficient (Wildman–Crippen LogP) is 2.19. The molecule has 1 atom stereocenters. The first-order valence-electron chi connectivity index (χ1n) is 8.89. The van der Waals surface area contributed by atoms with E-state index in [1.54, 1.807) is 6.92 Å². The predicted molar refractivity (Wildman–Crippen MR) is 115 cm³/mol. The summed E-state index contributed by atoms with van der Waals surface area (Å²) in [6, 6.07) is 1.84. The van der Waals surface area contributed by atoms with Crippen LogP contribution >= 0.6 is 24.0 Å². The highest BCUT2D eigenvalue weighted by atomic mass is 127. The van der Waals surface area contributed by atoms with Gasteiger partial charge in [-0.25, -0.2) is 4.99 Å². The number of carbonyl (C=O) groups is 1. The van der Waals surface area contributed by atoms with Gasteiger partial charge >= 0.3 is 0 Å². The molecular weight excluding hydrogens is 447 g/mol. The summed E-state index contributed by atoms with van der Waals surface area (Å²) in [5.74, 6) is 2.05. The van der Waals surface area contributed by atoms with Gasteiger partial charge in [0.1, 0.15) is 17.1 Å². The molecule has 0 aliphatic carbocycles. The molecule has 150 valence electrons. The number of amides is 1. The molecule has 7 nitrogen and oxygen atoms in total. The number of halogens is 1. The molecule has 0 saturated heterocycles. The third kappa shape index (κ3) is 8.39. The van der Waals surface area contributed by atoms with E-state index in [0.717, 1.165) is 17.7 Å². The quantitative estimate of drug-likeness (QED) is 0.247. The standard InChI is InChI=1S/C18H32N4O3.HI/c1-6-9-20-16(23)8-10-21-17(19-7-2)22-12-18(5,24)15-11-13(3)25-14(15)4;/h11,24H,6-10,12H2,1-5H3,(H,20,23)(H2,19,21,22);1H. The van der Waals surface area contributed by atoms with Crippen molar-refractivity contribution in [1.29, 1.82) is 0 Å². The van der Waals surface area contributed by atoms with Crippen LogP contribution in [0.4, 0.5) is 0 Å². The second kappa shape index (κ2) is 12.2. The monoisotopic (exact) mass is 480 g/mol. The van der Waals surface area contributed by atoms with Crippen LogP contribution in [-0.4, -0.2) is 43.2 Å². The molecule has 1 unspecified atom stereocenters. The highest BCUT2D eigenvalue weighted by Gasteiger charge is 2.27. The van der Waals surface area contributed by atoms with E-state index in [4.69, 9.17) is 4.42 Å². The lowest BCUT2D eigenvalue weighted by molar-refractivity contribution is -0.120. The first-order chi connectivity index (χ1) is 11.8. The van der Waals surface area contributed by atoms with Crippen molar-refractivity contribution < 1.29 is 14.3 Å². The molecule has 0 aromatic carbocycles. The zero-order valence-electron chi connectivity index (χ0n) is 16.4. The van der Waals surface area contributed by atoms with Crippen LogP contribution in [-0.2, 0) is 10.4 Å². The van der Waals surface area contributed by atoms with Crippen LogP contribution in [0.25, 0.3) is 0 Å². The van der Waals surface area contributed by atoms with E-state index >= 15 is 0 Å². The number of aliphatic hydroxyl groups is 1. The van der Waals surface area contributed by atoms with Crippen LogP contribution in [0.1, 0.15) is 50.7 Å². The molecule has 0 fully saturated rings. The van der Waals surface area contributed by atoms with Gasteiger partial charge in [0.15, 0.2) is 5.96 Å². The second-order valence-corrected chi connectivity index (χ2v) is 6.32. The van der Waals surface area contributed by atoms with Gasteiger partial charge in [-0.05, 0) is 40.2 Å². The molecule has 4 N–H and O–H groups in total. The highest BCUT2D eigenvalue weighted by molar-refractivity contribution is 14.0. The fourth-order valence-corrected chi connectivity index (χ4v) is 2.47. The fourth-order valence-electron chi connectivity index (χ4n) is 2.47. The van der Waals surface area contributed by atoms with Crippen molar-refractivity contribution in [3.8, 4) is 0 Å². The Morgan fingerprint density at radius 3 is 2.46 bits per heavy atom. The maximum atomic E-state index is 11.6. The van der Waals surface area contributed by atoms with Gasteiger partial charge in [-0.3, -0.25) is 4.79 Å². The third-order valence-electron chi connectivity index (χ3n) is 3.73. The lowest BCUT2D eigenvalue weighted by atomic mass is 9.96. The smallest absolute Gasteiger partial charge is 0.221 e. The Labute approximate surface area is 173 Å². The van der Waals surface area contributed by atoms with Crippen LogP contribution in [0.3, 0.4) is 0 Å². The molecule has 0 bridgehead atoms. The van der Waals surface area contributed by atoms with Crippen molar-refractivity contribution >= 4 is 35.8 Å². The summed E-state index contributed by atoms with van der Waals surface area (Å²) in [7, 11) is 0. The first kappa shape index (κ1) is 24.7. The van der Waals surface area contributed by atoms with Crippen LogP contribution in [0.15, 0.2) is 15.5 Å². The van der Waals surface area contributed by atoms with Gasteiger partial charge in [0.05, 0.1) is 6.54 Å². The van der Waals surface area contributed by atoms with Crippen molar-refractivity contribution in [3.05, 3.63) is 23.2 Å². The minimum Gasteiger partial charge on any atom is -0.466 e. The number of aliphatic imine (C=N–C) groups is 1. The molecule has 0 saturated carbocycles. The Bertz CT molecular complexity index is 585. The molecule has 1 rings (SSSR count). The van der Waals surface area contributed by atoms with Gasteiger partial charge in [-0.2, -0.15) is 0 Å². The summed E-state index contributed by atoms with van der Waals surface area (Å²) in [6.07, 6.45) is 1.30. The normalized spacial score (nSPS) is 13.5. The zero-order valence-corrected chi connectivity index (χ0v) is 18.8. The number of hydrogen-bond donors (Lipinski definition) is 4. The third-order valence-corrected chi connectivity index (χ3v) is 3.73. The summed E-state index contributed by atoms with van der Waals surface area (Å²) in [5.41, 5.74) is -0.383. The average molecular weight is 480 g/mol. The van der Waals surface area contributed by atoms with E-state index in [0.29, 0.717) is 37.8 Å². The molecule has 1 aromatic rings. The molecule has 0 spiro atoms. The molecule has 1 amide bonds. The largest absolute Gasteiger partial charge is 0.466 e. The molecule has 1 aromatic heterocycles. The van der Waals surface area contributed by atoms with Gasteiger partial charge in [0, 0.05) is 31.6 Å². The number of nitrogens with one attached hydrogen (secondary N) is 3. The Balaban J connectivity index is 0.00000625. The van der Waals surface area contributed by atoms with Crippen LogP contribution in [0.2, 0.25) is 0 Å².